The maximum atomic E-state index is 11.7. The van der Waals surface area contributed by atoms with Crippen molar-refractivity contribution in [3.63, 3.8) is 0 Å². The Bertz CT molecular complexity index is 364. The van der Waals surface area contributed by atoms with Gasteiger partial charge in [0.25, 0.3) is 5.91 Å². The van der Waals surface area contributed by atoms with E-state index >= 15 is 0 Å². The first-order valence-electron chi connectivity index (χ1n) is 5.52. The van der Waals surface area contributed by atoms with Gasteiger partial charge in [-0.3, -0.25) is 4.79 Å². The van der Waals surface area contributed by atoms with E-state index in [2.05, 4.69) is 10.6 Å². The minimum Gasteiger partial charge on any atom is -0.351 e. The number of nitrogens with one attached hydrogen (secondary N) is 2. The van der Waals surface area contributed by atoms with Gasteiger partial charge in [0.2, 0.25) is 0 Å². The standard InChI is InChI=1S/C11H15ClN2OS.ClH/c12-10-4-3-9(16-10)11(15)14-7-5-8-2-1-6-13-8;/h3-4,8,13H,1-2,5-7H2,(H,14,15);1H/t8-;/m1./s1. The summed E-state index contributed by atoms with van der Waals surface area (Å²) in [7, 11) is 0. The van der Waals surface area contributed by atoms with Crippen molar-refractivity contribution in [3.8, 4) is 0 Å². The molecule has 0 saturated carbocycles. The molecular formula is C11H16Cl2N2OS. The Labute approximate surface area is 116 Å². The van der Waals surface area contributed by atoms with Gasteiger partial charge >= 0.3 is 0 Å². The average molecular weight is 295 g/mol. The largest absolute Gasteiger partial charge is 0.351 e. The van der Waals surface area contributed by atoms with Gasteiger partial charge in [-0.2, -0.15) is 0 Å². The Hall–Kier alpha value is -0.290. The molecule has 0 unspecified atom stereocenters. The Balaban J connectivity index is 0.00000144. The first kappa shape index (κ1) is 14.8. The third-order valence-corrected chi connectivity index (χ3v) is 3.97. The van der Waals surface area contributed by atoms with Crippen LogP contribution in [0.1, 0.15) is 28.9 Å². The number of carbonyl (C=O) groups excluding carboxylic acids is 1. The maximum Gasteiger partial charge on any atom is 0.261 e. The van der Waals surface area contributed by atoms with E-state index in [9.17, 15) is 4.79 Å². The van der Waals surface area contributed by atoms with Crippen LogP contribution in [0, 0.1) is 0 Å². The van der Waals surface area contributed by atoms with Crippen LogP contribution < -0.4 is 10.6 Å². The van der Waals surface area contributed by atoms with Crippen molar-refractivity contribution in [1.29, 1.82) is 0 Å². The van der Waals surface area contributed by atoms with Crippen LogP contribution in [0.2, 0.25) is 4.34 Å². The second-order valence-electron chi connectivity index (χ2n) is 3.94. The van der Waals surface area contributed by atoms with Gasteiger partial charge in [0.15, 0.2) is 0 Å². The van der Waals surface area contributed by atoms with Crippen LogP contribution in [0.3, 0.4) is 0 Å². The van der Waals surface area contributed by atoms with Gasteiger partial charge in [-0.25, -0.2) is 0 Å². The lowest BCUT2D eigenvalue weighted by Gasteiger charge is -2.09. The summed E-state index contributed by atoms with van der Waals surface area (Å²) in [6.45, 7) is 1.84. The molecule has 2 rings (SSSR count). The molecule has 1 aromatic heterocycles. The Morgan fingerprint density at radius 1 is 1.59 bits per heavy atom. The van der Waals surface area contributed by atoms with Crippen LogP contribution in [-0.2, 0) is 0 Å². The Morgan fingerprint density at radius 2 is 2.41 bits per heavy atom. The van der Waals surface area contributed by atoms with Gasteiger partial charge in [-0.05, 0) is 37.9 Å². The zero-order valence-electron chi connectivity index (χ0n) is 9.37. The SMILES string of the molecule is Cl.O=C(NCC[C@H]1CCCN1)c1ccc(Cl)s1. The third-order valence-electron chi connectivity index (χ3n) is 2.74. The van der Waals surface area contributed by atoms with E-state index in [1.165, 1.54) is 24.2 Å². The average Bonchev–Trinajstić information content (AvgIpc) is 2.89. The van der Waals surface area contributed by atoms with E-state index < -0.39 is 0 Å². The fourth-order valence-electron chi connectivity index (χ4n) is 1.89. The smallest absolute Gasteiger partial charge is 0.261 e. The molecule has 1 aromatic rings. The lowest BCUT2D eigenvalue weighted by Crippen LogP contribution is -2.30. The second kappa shape index (κ2) is 7.21. The summed E-state index contributed by atoms with van der Waals surface area (Å²) in [5.74, 6) is -0.0186. The zero-order chi connectivity index (χ0) is 11.4. The molecular weight excluding hydrogens is 279 g/mol. The topological polar surface area (TPSA) is 41.1 Å². The number of hydrogen-bond donors (Lipinski definition) is 2. The molecule has 3 nitrogen and oxygen atoms in total. The summed E-state index contributed by atoms with van der Waals surface area (Å²) in [6, 6.07) is 4.09. The van der Waals surface area contributed by atoms with Gasteiger partial charge in [0.05, 0.1) is 9.21 Å². The minimum absolute atomic E-state index is 0. The van der Waals surface area contributed by atoms with Gasteiger partial charge in [-0.15, -0.1) is 23.7 Å². The molecule has 2 N–H and O–H groups in total. The number of hydrogen-bond acceptors (Lipinski definition) is 3. The molecule has 1 aliphatic rings. The highest BCUT2D eigenvalue weighted by Gasteiger charge is 2.14. The molecule has 0 aliphatic carbocycles. The number of rotatable bonds is 4. The van der Waals surface area contributed by atoms with E-state index in [0.29, 0.717) is 15.3 Å². The summed E-state index contributed by atoms with van der Waals surface area (Å²) >= 11 is 7.09. The summed E-state index contributed by atoms with van der Waals surface area (Å²) in [4.78, 5) is 12.3. The van der Waals surface area contributed by atoms with Crippen molar-refractivity contribution in [2.45, 2.75) is 25.3 Å². The fraction of sp³-hybridized carbons (Fsp3) is 0.545. The van der Waals surface area contributed by atoms with Crippen molar-refractivity contribution in [2.24, 2.45) is 0 Å². The van der Waals surface area contributed by atoms with Crippen LogP contribution in [0.5, 0.6) is 0 Å². The highest BCUT2D eigenvalue weighted by molar-refractivity contribution is 7.17. The Kier molecular flexibility index (Phi) is 6.27. The van der Waals surface area contributed by atoms with Crippen molar-refractivity contribution in [2.75, 3.05) is 13.1 Å². The predicted octanol–water partition coefficient (Wildman–Crippen LogP) is 2.70. The number of thiophene rings is 1. The molecule has 1 amide bonds. The van der Waals surface area contributed by atoms with Gasteiger partial charge in [0.1, 0.15) is 0 Å². The van der Waals surface area contributed by atoms with Crippen LogP contribution >= 0.6 is 35.3 Å². The third kappa shape index (κ3) is 4.47. The van der Waals surface area contributed by atoms with Crippen molar-refractivity contribution >= 4 is 41.3 Å². The van der Waals surface area contributed by atoms with Crippen molar-refractivity contribution < 1.29 is 4.79 Å². The van der Waals surface area contributed by atoms with Crippen molar-refractivity contribution in [1.82, 2.24) is 10.6 Å². The summed E-state index contributed by atoms with van der Waals surface area (Å²) in [5.41, 5.74) is 0. The van der Waals surface area contributed by atoms with E-state index in [1.54, 1.807) is 12.1 Å². The molecule has 1 aliphatic heterocycles. The minimum atomic E-state index is -0.0186. The van der Waals surface area contributed by atoms with Gasteiger partial charge < -0.3 is 10.6 Å². The maximum absolute atomic E-state index is 11.7. The molecule has 0 radical (unpaired) electrons. The first-order valence-corrected chi connectivity index (χ1v) is 6.72. The van der Waals surface area contributed by atoms with Gasteiger partial charge in [-0.1, -0.05) is 11.6 Å². The predicted molar refractivity (Wildman–Crippen MR) is 74.6 cm³/mol. The lowest BCUT2D eigenvalue weighted by molar-refractivity contribution is 0.0956. The highest BCUT2D eigenvalue weighted by atomic mass is 35.5. The summed E-state index contributed by atoms with van der Waals surface area (Å²) < 4.78 is 0.655. The number of halogens is 2. The zero-order valence-corrected chi connectivity index (χ0v) is 11.8. The Morgan fingerprint density at radius 3 is 3.00 bits per heavy atom. The summed E-state index contributed by atoms with van der Waals surface area (Å²) in [5, 5.41) is 6.32. The molecule has 1 atom stereocenters. The van der Waals surface area contributed by atoms with Crippen LogP contribution in [-0.4, -0.2) is 25.0 Å². The normalized spacial score (nSPS) is 18.8. The molecule has 6 heteroatoms. The number of carbonyl (C=O) groups is 1. The first-order chi connectivity index (χ1) is 7.75. The van der Waals surface area contributed by atoms with Crippen LogP contribution in [0.15, 0.2) is 12.1 Å². The molecule has 1 saturated heterocycles. The fourth-order valence-corrected chi connectivity index (χ4v) is 2.85. The van der Waals surface area contributed by atoms with E-state index in [-0.39, 0.29) is 18.3 Å². The molecule has 17 heavy (non-hydrogen) atoms. The molecule has 0 aromatic carbocycles. The molecule has 2 heterocycles. The van der Waals surface area contributed by atoms with Crippen molar-refractivity contribution in [3.05, 3.63) is 21.3 Å². The lowest BCUT2D eigenvalue weighted by atomic mass is 10.1. The highest BCUT2D eigenvalue weighted by Crippen LogP contribution is 2.21. The quantitative estimate of drug-likeness (QED) is 0.896. The van der Waals surface area contributed by atoms with Crippen LogP contribution in [0.25, 0.3) is 0 Å². The van der Waals surface area contributed by atoms with E-state index in [1.807, 2.05) is 0 Å². The van der Waals surface area contributed by atoms with E-state index in [0.717, 1.165) is 19.5 Å². The summed E-state index contributed by atoms with van der Waals surface area (Å²) in [6.07, 6.45) is 3.48. The van der Waals surface area contributed by atoms with Crippen LogP contribution in [0.4, 0.5) is 0 Å². The molecule has 0 spiro atoms. The molecule has 0 bridgehead atoms. The molecule has 1 fully saturated rings. The second-order valence-corrected chi connectivity index (χ2v) is 5.66. The molecule has 96 valence electrons. The monoisotopic (exact) mass is 294 g/mol. The number of amides is 1. The van der Waals surface area contributed by atoms with Gasteiger partial charge in [0, 0.05) is 12.6 Å². The van der Waals surface area contributed by atoms with E-state index in [4.69, 9.17) is 11.6 Å².